The summed E-state index contributed by atoms with van der Waals surface area (Å²) < 4.78 is 1.15. The zero-order valence-corrected chi connectivity index (χ0v) is 15.0. The molecule has 0 spiro atoms. The number of aryl methyl sites for hydroxylation is 3. The van der Waals surface area contributed by atoms with Crippen molar-refractivity contribution >= 4 is 15.9 Å². The van der Waals surface area contributed by atoms with Crippen molar-refractivity contribution in [2.45, 2.75) is 46.7 Å². The van der Waals surface area contributed by atoms with E-state index in [9.17, 15) is 0 Å². The van der Waals surface area contributed by atoms with Gasteiger partial charge in [-0.05, 0) is 63.4 Å². The fourth-order valence-corrected chi connectivity index (χ4v) is 3.69. The number of rotatable bonds is 4. The molecule has 1 N–H and O–H groups in total. The van der Waals surface area contributed by atoms with Crippen molar-refractivity contribution in [3.8, 4) is 0 Å². The first-order valence-corrected chi connectivity index (χ1v) is 8.14. The van der Waals surface area contributed by atoms with Gasteiger partial charge in [0.1, 0.15) is 0 Å². The number of nitrogens with zero attached hydrogens (tertiary/aromatic N) is 1. The third kappa shape index (κ3) is 3.72. The van der Waals surface area contributed by atoms with Gasteiger partial charge in [0, 0.05) is 27.9 Å². The molecule has 2 nitrogen and oxygen atoms in total. The summed E-state index contributed by atoms with van der Waals surface area (Å²) in [5.74, 6) is 0. The molecule has 112 valence electrons. The molecule has 0 aliphatic heterocycles. The van der Waals surface area contributed by atoms with Gasteiger partial charge in [-0.25, -0.2) is 0 Å². The Balaban J connectivity index is 2.22. The van der Waals surface area contributed by atoms with Crippen LogP contribution in [-0.4, -0.2) is 4.98 Å². The van der Waals surface area contributed by atoms with E-state index in [1.807, 2.05) is 13.0 Å². The van der Waals surface area contributed by atoms with E-state index in [-0.39, 0.29) is 12.1 Å². The molecule has 21 heavy (non-hydrogen) atoms. The number of pyridine rings is 1. The number of halogens is 1. The highest BCUT2D eigenvalue weighted by molar-refractivity contribution is 9.10. The fourth-order valence-electron chi connectivity index (χ4n) is 3.06. The highest BCUT2D eigenvalue weighted by atomic mass is 79.9. The first-order valence-electron chi connectivity index (χ1n) is 7.35. The number of nitrogens with one attached hydrogen (secondary N) is 1. The van der Waals surface area contributed by atoms with Crippen LogP contribution in [0.5, 0.6) is 0 Å². The maximum absolute atomic E-state index is 4.60. The van der Waals surface area contributed by atoms with E-state index in [0.29, 0.717) is 0 Å². The number of hydrogen-bond acceptors (Lipinski definition) is 2. The van der Waals surface area contributed by atoms with Crippen LogP contribution in [-0.2, 0) is 0 Å². The second kappa shape index (κ2) is 6.71. The van der Waals surface area contributed by atoms with Crippen LogP contribution in [0.15, 0.2) is 34.8 Å². The zero-order valence-electron chi connectivity index (χ0n) is 13.4. The average molecular weight is 347 g/mol. The van der Waals surface area contributed by atoms with Crippen LogP contribution in [0.3, 0.4) is 0 Å². The second-order valence-corrected chi connectivity index (χ2v) is 6.57. The molecule has 0 saturated heterocycles. The van der Waals surface area contributed by atoms with Gasteiger partial charge in [0.15, 0.2) is 0 Å². The zero-order chi connectivity index (χ0) is 15.6. The van der Waals surface area contributed by atoms with Gasteiger partial charge >= 0.3 is 0 Å². The lowest BCUT2D eigenvalue weighted by atomic mass is 9.98. The second-order valence-electron chi connectivity index (χ2n) is 5.71. The molecule has 2 atom stereocenters. The first-order chi connectivity index (χ1) is 9.90. The Morgan fingerprint density at radius 2 is 1.71 bits per heavy atom. The molecule has 0 amide bonds. The molecular weight excluding hydrogens is 324 g/mol. The van der Waals surface area contributed by atoms with Crippen LogP contribution in [0.25, 0.3) is 0 Å². The van der Waals surface area contributed by atoms with Gasteiger partial charge in [-0.3, -0.25) is 4.98 Å². The van der Waals surface area contributed by atoms with Gasteiger partial charge in [0.25, 0.3) is 0 Å². The van der Waals surface area contributed by atoms with Crippen LogP contribution >= 0.6 is 15.9 Å². The topological polar surface area (TPSA) is 24.9 Å². The molecule has 0 bridgehead atoms. The van der Waals surface area contributed by atoms with Crippen LogP contribution in [0.1, 0.15) is 54.0 Å². The molecule has 0 saturated carbocycles. The van der Waals surface area contributed by atoms with Gasteiger partial charge in [0.05, 0.1) is 0 Å². The number of benzene rings is 1. The summed E-state index contributed by atoms with van der Waals surface area (Å²) in [4.78, 5) is 4.60. The molecule has 1 aromatic carbocycles. The molecule has 0 radical (unpaired) electrons. The van der Waals surface area contributed by atoms with Crippen molar-refractivity contribution in [2.24, 2.45) is 0 Å². The maximum Gasteiger partial charge on any atom is 0.0426 e. The number of hydrogen-bond donors (Lipinski definition) is 1. The molecule has 0 aliphatic carbocycles. The van der Waals surface area contributed by atoms with Crippen molar-refractivity contribution in [2.75, 3.05) is 0 Å². The van der Waals surface area contributed by atoms with Crippen molar-refractivity contribution in [1.82, 2.24) is 10.3 Å². The van der Waals surface area contributed by atoms with Crippen LogP contribution in [0.4, 0.5) is 0 Å². The molecule has 1 heterocycles. The van der Waals surface area contributed by atoms with Gasteiger partial charge in [-0.15, -0.1) is 0 Å². The minimum absolute atomic E-state index is 0.264. The lowest BCUT2D eigenvalue weighted by Gasteiger charge is -2.24. The molecule has 0 fully saturated rings. The summed E-state index contributed by atoms with van der Waals surface area (Å²) in [7, 11) is 0. The van der Waals surface area contributed by atoms with Gasteiger partial charge in [-0.2, -0.15) is 0 Å². The highest BCUT2D eigenvalue weighted by Gasteiger charge is 2.17. The Kier molecular flexibility index (Phi) is 5.17. The van der Waals surface area contributed by atoms with Gasteiger partial charge in [0.2, 0.25) is 0 Å². The Morgan fingerprint density at radius 1 is 1.05 bits per heavy atom. The van der Waals surface area contributed by atoms with Crippen molar-refractivity contribution in [3.05, 3.63) is 62.9 Å². The highest BCUT2D eigenvalue weighted by Crippen LogP contribution is 2.27. The van der Waals surface area contributed by atoms with Crippen molar-refractivity contribution in [3.63, 3.8) is 0 Å². The molecule has 2 rings (SSSR count). The molecule has 1 aromatic heterocycles. The summed E-state index contributed by atoms with van der Waals surface area (Å²) in [6.45, 7) is 10.7. The van der Waals surface area contributed by atoms with E-state index in [4.69, 9.17) is 0 Å². The Morgan fingerprint density at radius 3 is 2.33 bits per heavy atom. The van der Waals surface area contributed by atoms with Gasteiger partial charge in [-0.1, -0.05) is 34.1 Å². The van der Waals surface area contributed by atoms with Crippen LogP contribution in [0, 0.1) is 20.8 Å². The largest absolute Gasteiger partial charge is 0.304 e. The van der Waals surface area contributed by atoms with E-state index < -0.39 is 0 Å². The molecule has 1 unspecified atom stereocenters. The first kappa shape index (κ1) is 16.2. The molecule has 2 aromatic rings. The predicted molar refractivity (Wildman–Crippen MR) is 92.6 cm³/mol. The van der Waals surface area contributed by atoms with Crippen molar-refractivity contribution < 1.29 is 0 Å². The van der Waals surface area contributed by atoms with E-state index in [2.05, 4.69) is 78.2 Å². The quantitative estimate of drug-likeness (QED) is 0.824. The third-order valence-corrected chi connectivity index (χ3v) is 4.61. The normalized spacial score (nSPS) is 14.0. The summed E-state index contributed by atoms with van der Waals surface area (Å²) in [5.41, 5.74) is 6.09. The average Bonchev–Trinajstić information content (AvgIpc) is 2.37. The minimum atomic E-state index is 0.264. The maximum atomic E-state index is 4.60. The van der Waals surface area contributed by atoms with Crippen molar-refractivity contribution in [1.29, 1.82) is 0 Å². The standard InChI is InChI=1S/C18H23BrN2/c1-11-10-12(2)20-14(4)18(11)15(5)21-13(3)16-8-6-7-9-17(16)19/h6-10,13,15,21H,1-5H3/t13-,15?/m0/s1. The number of aromatic nitrogens is 1. The van der Waals surface area contributed by atoms with E-state index >= 15 is 0 Å². The smallest absolute Gasteiger partial charge is 0.0426 e. The molecular formula is C18H23BrN2. The Hall–Kier alpha value is -1.19. The minimum Gasteiger partial charge on any atom is -0.304 e. The summed E-state index contributed by atoms with van der Waals surface area (Å²) >= 11 is 3.63. The van der Waals surface area contributed by atoms with Crippen LogP contribution < -0.4 is 5.32 Å². The summed E-state index contributed by atoms with van der Waals surface area (Å²) in [6, 6.07) is 11.1. The summed E-state index contributed by atoms with van der Waals surface area (Å²) in [6.07, 6.45) is 0. The lowest BCUT2D eigenvalue weighted by molar-refractivity contribution is 0.489. The molecule has 0 aliphatic rings. The van der Waals surface area contributed by atoms with Crippen LogP contribution in [0.2, 0.25) is 0 Å². The van der Waals surface area contributed by atoms with E-state index in [0.717, 1.165) is 15.9 Å². The van der Waals surface area contributed by atoms with Gasteiger partial charge < -0.3 is 5.32 Å². The summed E-state index contributed by atoms with van der Waals surface area (Å²) in [5, 5.41) is 3.68. The lowest BCUT2D eigenvalue weighted by Crippen LogP contribution is -2.24. The SMILES string of the molecule is Cc1cc(C)c(C(C)N[C@@H](C)c2ccccc2Br)c(C)n1. The molecule has 3 heteroatoms. The Labute approximate surface area is 136 Å². The third-order valence-electron chi connectivity index (χ3n) is 3.89. The predicted octanol–water partition coefficient (Wildman–Crippen LogP) is 5.18. The van der Waals surface area contributed by atoms with E-state index in [1.54, 1.807) is 0 Å². The monoisotopic (exact) mass is 346 g/mol. The fraction of sp³-hybridized carbons (Fsp3) is 0.389. The van der Waals surface area contributed by atoms with E-state index in [1.165, 1.54) is 16.7 Å². The Bertz CT molecular complexity index is 614.